The maximum atomic E-state index is 11.8. The lowest BCUT2D eigenvalue weighted by Gasteiger charge is -2.20. The van der Waals surface area contributed by atoms with E-state index in [2.05, 4.69) is 5.32 Å². The molecule has 0 radical (unpaired) electrons. The minimum absolute atomic E-state index is 0.212. The van der Waals surface area contributed by atoms with Crippen molar-refractivity contribution in [1.82, 2.24) is 5.32 Å². The van der Waals surface area contributed by atoms with E-state index in [9.17, 15) is 13.6 Å². The average Bonchev–Trinajstić information content (AvgIpc) is 1.93. The molecule has 1 heterocycles. The standard InChI is InChI=1S/C7H11F2NO/c8-6(9)4-5-2-1-3-10-7(5)11/h5-6H,1-4H2,(H,10,11)/t5-/m1/s1. The predicted octanol–water partition coefficient (Wildman–Crippen LogP) is 1.17. The maximum absolute atomic E-state index is 11.8. The minimum Gasteiger partial charge on any atom is -0.356 e. The highest BCUT2D eigenvalue weighted by Crippen LogP contribution is 2.18. The van der Waals surface area contributed by atoms with E-state index in [0.717, 1.165) is 6.42 Å². The van der Waals surface area contributed by atoms with Crippen molar-refractivity contribution >= 4 is 5.91 Å². The van der Waals surface area contributed by atoms with E-state index in [1.807, 2.05) is 0 Å². The van der Waals surface area contributed by atoms with Gasteiger partial charge in [0.1, 0.15) is 0 Å². The predicted molar refractivity (Wildman–Crippen MR) is 36.4 cm³/mol. The Morgan fingerprint density at radius 3 is 2.91 bits per heavy atom. The first-order valence-electron chi connectivity index (χ1n) is 3.76. The Morgan fingerprint density at radius 1 is 1.64 bits per heavy atom. The highest BCUT2D eigenvalue weighted by molar-refractivity contribution is 5.79. The third-order valence-electron chi connectivity index (χ3n) is 1.86. The van der Waals surface area contributed by atoms with Gasteiger partial charge in [-0.15, -0.1) is 0 Å². The quantitative estimate of drug-likeness (QED) is 0.650. The van der Waals surface area contributed by atoms with Gasteiger partial charge in [-0.3, -0.25) is 4.79 Å². The topological polar surface area (TPSA) is 29.1 Å². The molecule has 64 valence electrons. The molecule has 0 bridgehead atoms. The van der Waals surface area contributed by atoms with Crippen molar-refractivity contribution in [1.29, 1.82) is 0 Å². The number of amides is 1. The van der Waals surface area contributed by atoms with Crippen LogP contribution in [-0.2, 0) is 4.79 Å². The van der Waals surface area contributed by atoms with Crippen LogP contribution in [0, 0.1) is 5.92 Å². The van der Waals surface area contributed by atoms with Crippen LogP contribution in [0.1, 0.15) is 19.3 Å². The van der Waals surface area contributed by atoms with Crippen LogP contribution >= 0.6 is 0 Å². The molecule has 1 N–H and O–H groups in total. The average molecular weight is 163 g/mol. The molecule has 2 nitrogen and oxygen atoms in total. The van der Waals surface area contributed by atoms with Crippen LogP contribution in [0.25, 0.3) is 0 Å². The number of halogens is 2. The van der Waals surface area contributed by atoms with Gasteiger partial charge in [-0.25, -0.2) is 8.78 Å². The van der Waals surface area contributed by atoms with Crippen LogP contribution in [0.2, 0.25) is 0 Å². The molecule has 1 aliphatic heterocycles. The molecule has 1 rings (SSSR count). The van der Waals surface area contributed by atoms with E-state index in [-0.39, 0.29) is 12.3 Å². The molecule has 0 aromatic carbocycles. The highest BCUT2D eigenvalue weighted by atomic mass is 19.3. The lowest BCUT2D eigenvalue weighted by Crippen LogP contribution is -2.37. The van der Waals surface area contributed by atoms with E-state index in [1.165, 1.54) is 0 Å². The Hall–Kier alpha value is -0.670. The number of hydrogen-bond acceptors (Lipinski definition) is 1. The van der Waals surface area contributed by atoms with Crippen molar-refractivity contribution in [3.05, 3.63) is 0 Å². The Bertz CT molecular complexity index is 149. The fourth-order valence-electron chi connectivity index (χ4n) is 1.28. The second-order valence-corrected chi connectivity index (χ2v) is 2.76. The van der Waals surface area contributed by atoms with Crippen molar-refractivity contribution in [3.63, 3.8) is 0 Å². The van der Waals surface area contributed by atoms with E-state index in [0.29, 0.717) is 13.0 Å². The van der Waals surface area contributed by atoms with Gasteiger partial charge in [-0.1, -0.05) is 0 Å². The summed E-state index contributed by atoms with van der Waals surface area (Å²) in [6, 6.07) is 0. The SMILES string of the molecule is O=C1NCCC[C@@H]1CC(F)F. The van der Waals surface area contributed by atoms with Gasteiger partial charge in [-0.2, -0.15) is 0 Å². The van der Waals surface area contributed by atoms with Crippen LogP contribution in [0.4, 0.5) is 8.78 Å². The molecule has 11 heavy (non-hydrogen) atoms. The van der Waals surface area contributed by atoms with Gasteiger partial charge in [0, 0.05) is 18.9 Å². The molecular weight excluding hydrogens is 152 g/mol. The second-order valence-electron chi connectivity index (χ2n) is 2.76. The molecule has 1 saturated heterocycles. The minimum atomic E-state index is -2.36. The van der Waals surface area contributed by atoms with Crippen molar-refractivity contribution < 1.29 is 13.6 Å². The van der Waals surface area contributed by atoms with E-state index >= 15 is 0 Å². The van der Waals surface area contributed by atoms with Gasteiger partial charge < -0.3 is 5.32 Å². The van der Waals surface area contributed by atoms with Crippen LogP contribution in [-0.4, -0.2) is 18.9 Å². The lowest BCUT2D eigenvalue weighted by atomic mass is 9.96. The molecule has 0 aromatic heterocycles. The fourth-order valence-corrected chi connectivity index (χ4v) is 1.28. The summed E-state index contributed by atoms with van der Waals surface area (Å²) < 4.78 is 23.6. The number of nitrogens with one attached hydrogen (secondary N) is 1. The Balaban J connectivity index is 2.36. The first-order chi connectivity index (χ1) is 5.20. The van der Waals surface area contributed by atoms with Crippen LogP contribution in [0.3, 0.4) is 0 Å². The highest BCUT2D eigenvalue weighted by Gasteiger charge is 2.24. The summed E-state index contributed by atoms with van der Waals surface area (Å²) in [5.74, 6) is -0.666. The summed E-state index contributed by atoms with van der Waals surface area (Å²) in [7, 11) is 0. The number of carbonyl (C=O) groups is 1. The zero-order valence-electron chi connectivity index (χ0n) is 6.15. The monoisotopic (exact) mass is 163 g/mol. The molecule has 1 fully saturated rings. The third kappa shape index (κ3) is 2.44. The molecule has 0 aromatic rings. The number of rotatable bonds is 2. The number of hydrogen-bond donors (Lipinski definition) is 1. The van der Waals surface area contributed by atoms with Crippen molar-refractivity contribution in [2.75, 3.05) is 6.54 Å². The number of carbonyl (C=O) groups excluding carboxylic acids is 1. The van der Waals surface area contributed by atoms with Crippen LogP contribution in [0.15, 0.2) is 0 Å². The van der Waals surface area contributed by atoms with E-state index in [4.69, 9.17) is 0 Å². The number of piperidine rings is 1. The molecule has 0 unspecified atom stereocenters. The maximum Gasteiger partial charge on any atom is 0.239 e. The summed E-state index contributed by atoms with van der Waals surface area (Å²) >= 11 is 0. The van der Waals surface area contributed by atoms with Crippen molar-refractivity contribution in [3.8, 4) is 0 Å². The molecule has 1 amide bonds. The van der Waals surface area contributed by atoms with Gasteiger partial charge in [0.05, 0.1) is 0 Å². The Labute approximate surface area is 64.0 Å². The summed E-state index contributed by atoms with van der Waals surface area (Å²) in [6.07, 6.45) is -1.21. The lowest BCUT2D eigenvalue weighted by molar-refractivity contribution is -0.128. The Morgan fingerprint density at radius 2 is 2.36 bits per heavy atom. The molecule has 0 aliphatic carbocycles. The summed E-state index contributed by atoms with van der Waals surface area (Å²) in [5.41, 5.74) is 0. The summed E-state index contributed by atoms with van der Waals surface area (Å²) in [4.78, 5) is 10.9. The van der Waals surface area contributed by atoms with Crippen molar-refractivity contribution in [2.24, 2.45) is 5.92 Å². The van der Waals surface area contributed by atoms with Gasteiger partial charge in [0.2, 0.25) is 12.3 Å². The largest absolute Gasteiger partial charge is 0.356 e. The van der Waals surface area contributed by atoms with Gasteiger partial charge in [-0.05, 0) is 12.8 Å². The zero-order chi connectivity index (χ0) is 8.27. The van der Waals surface area contributed by atoms with Gasteiger partial charge in [0.25, 0.3) is 0 Å². The van der Waals surface area contributed by atoms with Crippen LogP contribution < -0.4 is 5.32 Å². The molecular formula is C7H11F2NO. The fraction of sp³-hybridized carbons (Fsp3) is 0.857. The molecule has 1 atom stereocenters. The molecule has 0 spiro atoms. The van der Waals surface area contributed by atoms with E-state index in [1.54, 1.807) is 0 Å². The third-order valence-corrected chi connectivity index (χ3v) is 1.86. The zero-order valence-corrected chi connectivity index (χ0v) is 6.15. The van der Waals surface area contributed by atoms with Crippen molar-refractivity contribution in [2.45, 2.75) is 25.7 Å². The second kappa shape index (κ2) is 3.64. The first kappa shape index (κ1) is 8.43. The first-order valence-corrected chi connectivity index (χ1v) is 3.76. The number of alkyl halides is 2. The van der Waals surface area contributed by atoms with E-state index < -0.39 is 12.3 Å². The summed E-state index contributed by atoms with van der Waals surface area (Å²) in [6.45, 7) is 0.637. The Kier molecular flexibility index (Phi) is 2.79. The van der Waals surface area contributed by atoms with Gasteiger partial charge in [0.15, 0.2) is 0 Å². The molecule has 4 heteroatoms. The smallest absolute Gasteiger partial charge is 0.239 e. The van der Waals surface area contributed by atoms with Crippen LogP contribution in [0.5, 0.6) is 0 Å². The van der Waals surface area contributed by atoms with Gasteiger partial charge >= 0.3 is 0 Å². The normalized spacial score (nSPS) is 25.4. The summed E-state index contributed by atoms with van der Waals surface area (Å²) in [5, 5.41) is 2.57. The molecule has 1 aliphatic rings. The molecule has 0 saturated carbocycles.